The normalized spacial score (nSPS) is 0. The van der Waals surface area contributed by atoms with Gasteiger partial charge in [0.2, 0.25) is 0 Å². The van der Waals surface area contributed by atoms with E-state index in [2.05, 4.69) is 0 Å². The van der Waals surface area contributed by atoms with E-state index in [1.807, 2.05) is 0 Å². The van der Waals surface area contributed by atoms with E-state index >= 15 is 0 Å². The van der Waals surface area contributed by atoms with Gasteiger partial charge in [-0.05, 0) is 0 Å². The largest absolute Gasteiger partial charge is 3.00 e. The summed E-state index contributed by atoms with van der Waals surface area (Å²) in [5, 5.41) is 0. The fraction of sp³-hybridized carbons (Fsp3) is 0. The van der Waals surface area contributed by atoms with E-state index in [-0.39, 0.29) is 117 Å². The molecule has 0 rings (SSSR count). The van der Waals surface area contributed by atoms with E-state index in [1.54, 1.807) is 0 Å². The van der Waals surface area contributed by atoms with E-state index < -0.39 is 0 Å². The van der Waals surface area contributed by atoms with Gasteiger partial charge in [0.1, 0.15) is 0 Å². The van der Waals surface area contributed by atoms with E-state index in [9.17, 15) is 0 Å². The fourth-order valence-corrected chi connectivity index (χ4v) is 0. The van der Waals surface area contributed by atoms with Crippen molar-refractivity contribution in [3.63, 3.8) is 0 Å². The molecule has 0 atom stereocenters. The van der Waals surface area contributed by atoms with Gasteiger partial charge in [0.05, 0.1) is 0 Å². The van der Waals surface area contributed by atoms with Crippen LogP contribution in [0.1, 0.15) is 0 Å². The first-order chi connectivity index (χ1) is 0. The number of rotatable bonds is 0. The minimum atomic E-state index is 0. The second kappa shape index (κ2) is 64.9. The van der Waals surface area contributed by atoms with Crippen molar-refractivity contribution >= 4 is 55.1 Å². The summed E-state index contributed by atoms with van der Waals surface area (Å²) in [6.07, 6.45) is 0. The number of hydrogen-bond acceptors (Lipinski definition) is 0. The molecule has 4 nitrogen and oxygen atoms in total. The van der Waals surface area contributed by atoms with Crippen molar-refractivity contribution in [1.82, 2.24) is 0 Å². The third-order valence-electron chi connectivity index (χ3n) is 0. The second-order valence-electron chi connectivity index (χ2n) is 0. The first-order valence-corrected chi connectivity index (χ1v) is 0. The van der Waals surface area contributed by atoms with Crippen molar-refractivity contribution < 1.29 is 61.8 Å². The third-order valence-corrected chi connectivity index (χ3v) is 0. The van der Waals surface area contributed by atoms with Gasteiger partial charge in [-0.2, -0.15) is 0 Å². The van der Waals surface area contributed by atoms with Crippen LogP contribution in [0.5, 0.6) is 0 Å². The van der Waals surface area contributed by atoms with Gasteiger partial charge in [-0.1, -0.05) is 0 Å². The standard InChI is InChI=1S/Al.Ca.Gd.4O/q+3;+2;+3;4*-2. The quantitative estimate of drug-likeness (QED) is 0.496. The molecule has 0 amide bonds. The summed E-state index contributed by atoms with van der Waals surface area (Å²) in [5.41, 5.74) is 0. The average Bonchev–Trinajstić information content (AvgIpc) is 0. The molecule has 0 fully saturated rings. The van der Waals surface area contributed by atoms with Crippen LogP contribution in [0.2, 0.25) is 0 Å². The molecule has 0 aromatic carbocycles. The predicted octanol–water partition coefficient (Wildman–Crippen LogP) is -1.24. The van der Waals surface area contributed by atoms with Crippen LogP contribution in [0, 0.1) is 39.9 Å². The molecule has 0 aliphatic carbocycles. The van der Waals surface area contributed by atoms with Gasteiger partial charge in [0, 0.05) is 0 Å². The Morgan fingerprint density at radius 2 is 0.571 bits per heavy atom. The summed E-state index contributed by atoms with van der Waals surface area (Å²) in [6.45, 7) is 0. The van der Waals surface area contributed by atoms with Crippen molar-refractivity contribution in [2.75, 3.05) is 0 Å². The molecule has 37 valence electrons. The van der Waals surface area contributed by atoms with Crippen molar-refractivity contribution in [3.05, 3.63) is 0 Å². The van der Waals surface area contributed by atoms with E-state index in [0.717, 1.165) is 0 Å². The van der Waals surface area contributed by atoms with E-state index in [0.29, 0.717) is 0 Å². The fourth-order valence-electron chi connectivity index (χ4n) is 0. The molecule has 0 aromatic rings. The summed E-state index contributed by atoms with van der Waals surface area (Å²) in [7, 11) is 0. The van der Waals surface area contributed by atoms with Crippen molar-refractivity contribution in [2.24, 2.45) is 0 Å². The Morgan fingerprint density at radius 3 is 0.571 bits per heavy atom. The Morgan fingerprint density at radius 1 is 0.571 bits per heavy atom. The van der Waals surface area contributed by atoms with Gasteiger partial charge in [0.25, 0.3) is 0 Å². The van der Waals surface area contributed by atoms with Gasteiger partial charge in [-0.3, -0.25) is 0 Å². The Hall–Kier alpha value is 2.96. The zero-order valence-electron chi connectivity index (χ0n) is 3.27. The molecule has 0 N–H and O–H groups in total. The van der Waals surface area contributed by atoms with Gasteiger partial charge >= 0.3 is 95.0 Å². The molecule has 0 bridgehead atoms. The summed E-state index contributed by atoms with van der Waals surface area (Å²) in [5.74, 6) is 0. The van der Waals surface area contributed by atoms with Crippen LogP contribution in [-0.4, -0.2) is 55.1 Å². The van der Waals surface area contributed by atoms with Gasteiger partial charge in [0.15, 0.2) is 0 Å². The summed E-state index contributed by atoms with van der Waals surface area (Å²) in [6, 6.07) is 0. The molecule has 0 saturated carbocycles. The Bertz CT molecular complexity index is 11.7. The van der Waals surface area contributed by atoms with Gasteiger partial charge in [-0.15, -0.1) is 0 Å². The summed E-state index contributed by atoms with van der Waals surface area (Å²) in [4.78, 5) is 0. The molecule has 0 aliphatic heterocycles. The molecule has 7 heteroatoms. The minimum Gasteiger partial charge on any atom is -2.00 e. The van der Waals surface area contributed by atoms with Crippen molar-refractivity contribution in [3.8, 4) is 0 Å². The van der Waals surface area contributed by atoms with Gasteiger partial charge < -0.3 is 21.9 Å². The molecule has 0 unspecified atom stereocenters. The van der Waals surface area contributed by atoms with E-state index in [4.69, 9.17) is 0 Å². The Balaban J connectivity index is 0. The van der Waals surface area contributed by atoms with Crippen LogP contribution in [0.4, 0.5) is 0 Å². The van der Waals surface area contributed by atoms with Crippen LogP contribution in [0.15, 0.2) is 0 Å². The van der Waals surface area contributed by atoms with Crippen molar-refractivity contribution in [1.29, 1.82) is 0 Å². The minimum absolute atomic E-state index is 0. The molecule has 0 saturated heterocycles. The van der Waals surface area contributed by atoms with E-state index in [1.165, 1.54) is 0 Å². The molecule has 0 aliphatic rings. The van der Waals surface area contributed by atoms with Crippen LogP contribution in [-0.2, 0) is 21.9 Å². The topological polar surface area (TPSA) is 114 Å². The molecule has 0 aromatic heterocycles. The maximum Gasteiger partial charge on any atom is 3.00 e. The van der Waals surface area contributed by atoms with Gasteiger partial charge in [-0.25, -0.2) is 0 Å². The first-order valence-electron chi connectivity index (χ1n) is 0. The zero-order valence-corrected chi connectivity index (χ0v) is 8.90. The molecule has 7 heavy (non-hydrogen) atoms. The zero-order chi connectivity index (χ0) is 0. The Kier molecular flexibility index (Phi) is 847. The molecule has 1 radical (unpaired) electrons. The molecular weight excluding hydrogens is 288 g/mol. The Labute approximate surface area is 114 Å². The summed E-state index contributed by atoms with van der Waals surface area (Å²) < 4.78 is 0. The molecular formula is AlCaGdO4. The number of hydrogen-bond donors (Lipinski definition) is 0. The second-order valence-corrected chi connectivity index (χ2v) is 0. The van der Waals surface area contributed by atoms with Crippen LogP contribution >= 0.6 is 0 Å². The molecule has 0 heterocycles. The maximum atomic E-state index is 0. The molecule has 0 spiro atoms. The smallest absolute Gasteiger partial charge is 2.00 e. The summed E-state index contributed by atoms with van der Waals surface area (Å²) >= 11 is 0. The first kappa shape index (κ1) is 91.4. The van der Waals surface area contributed by atoms with Crippen LogP contribution in [0.3, 0.4) is 0 Å². The average molecular weight is 288 g/mol. The monoisotopic (exact) mass is 289 g/mol. The predicted molar refractivity (Wildman–Crippen MR) is 14.3 cm³/mol. The SMILES string of the molecule is [Al+3].[Ca+2].[Gd+3].[O-2].[O-2].[O-2].[O-2]. The maximum absolute atomic E-state index is 0. The third kappa shape index (κ3) is 49.6. The van der Waals surface area contributed by atoms with Crippen LogP contribution in [0.25, 0.3) is 0 Å². The van der Waals surface area contributed by atoms with Crippen LogP contribution < -0.4 is 0 Å². The van der Waals surface area contributed by atoms with Crippen molar-refractivity contribution in [2.45, 2.75) is 0 Å².